The molecule has 62 valence electrons. The average Bonchev–Trinajstić information content (AvgIpc) is 2.03. The summed E-state index contributed by atoms with van der Waals surface area (Å²) in [6.07, 6.45) is 2.03. The first kappa shape index (κ1) is 8.26. The van der Waals surface area contributed by atoms with E-state index in [0.29, 0.717) is 5.56 Å². The number of phenols is 1. The molecule has 0 saturated heterocycles. The number of nitrogens with zero attached hydrogens (tertiary/aromatic N) is 1. The van der Waals surface area contributed by atoms with Crippen LogP contribution >= 0.6 is 0 Å². The zero-order valence-electron chi connectivity index (χ0n) is 6.18. The summed E-state index contributed by atoms with van der Waals surface area (Å²) in [6, 6.07) is 6.41. The van der Waals surface area contributed by atoms with E-state index >= 15 is 0 Å². The monoisotopic (exact) mass is 165 g/mol. The Labute approximate surface area is 68.9 Å². The van der Waals surface area contributed by atoms with Crippen LogP contribution in [-0.4, -0.2) is 10.0 Å². The number of benzene rings is 1. The number of para-hydroxylation sites is 1. The number of phenolic OH excluding ortho intramolecular Hbond substituents is 1. The molecule has 1 aromatic rings. The summed E-state index contributed by atoms with van der Waals surface area (Å²) in [5.41, 5.74) is 0.439. The molecule has 0 heterocycles. The Morgan fingerprint density at radius 1 is 1.42 bits per heavy atom. The standard InChI is InChI=1S/C8H7NO3/c10-8-4-2-1-3-7(8)5-6-9(11)12/h1-6,10H. The Morgan fingerprint density at radius 3 is 2.67 bits per heavy atom. The minimum Gasteiger partial charge on any atom is -0.507 e. The van der Waals surface area contributed by atoms with E-state index in [1.54, 1.807) is 18.2 Å². The van der Waals surface area contributed by atoms with Gasteiger partial charge >= 0.3 is 0 Å². The van der Waals surface area contributed by atoms with Crippen molar-refractivity contribution in [3.63, 3.8) is 0 Å². The lowest BCUT2D eigenvalue weighted by Gasteiger charge is -1.94. The van der Waals surface area contributed by atoms with E-state index in [0.717, 1.165) is 6.20 Å². The first-order valence-electron chi connectivity index (χ1n) is 3.30. The fourth-order valence-corrected chi connectivity index (χ4v) is 0.770. The molecule has 0 atom stereocenters. The highest BCUT2D eigenvalue weighted by Crippen LogP contribution is 2.16. The second-order valence-corrected chi connectivity index (χ2v) is 2.16. The maximum absolute atomic E-state index is 9.92. The predicted octanol–water partition coefficient (Wildman–Crippen LogP) is 1.64. The molecule has 12 heavy (non-hydrogen) atoms. The van der Waals surface area contributed by atoms with Gasteiger partial charge in [-0.25, -0.2) is 0 Å². The van der Waals surface area contributed by atoms with Crippen LogP contribution in [0.2, 0.25) is 0 Å². The summed E-state index contributed by atoms with van der Waals surface area (Å²) < 4.78 is 0. The fourth-order valence-electron chi connectivity index (χ4n) is 0.770. The van der Waals surface area contributed by atoms with Gasteiger partial charge in [0.05, 0.1) is 4.92 Å². The highest BCUT2D eigenvalue weighted by molar-refractivity contribution is 5.55. The number of hydrogen-bond acceptors (Lipinski definition) is 3. The maximum atomic E-state index is 9.92. The Morgan fingerprint density at radius 2 is 2.08 bits per heavy atom. The highest BCUT2D eigenvalue weighted by Gasteiger charge is 1.95. The molecule has 0 radical (unpaired) electrons. The lowest BCUT2D eigenvalue weighted by atomic mass is 10.2. The van der Waals surface area contributed by atoms with Crippen molar-refractivity contribution in [2.75, 3.05) is 0 Å². The SMILES string of the molecule is O=[N+]([O-])C=Cc1ccccc1O. The lowest BCUT2D eigenvalue weighted by Crippen LogP contribution is -1.82. The van der Waals surface area contributed by atoms with Crippen molar-refractivity contribution in [2.45, 2.75) is 0 Å². The molecule has 1 rings (SSSR count). The zero-order chi connectivity index (χ0) is 8.97. The average molecular weight is 165 g/mol. The van der Waals surface area contributed by atoms with Crippen LogP contribution in [0.1, 0.15) is 5.56 Å². The zero-order valence-corrected chi connectivity index (χ0v) is 6.18. The third-order valence-corrected chi connectivity index (χ3v) is 1.31. The topological polar surface area (TPSA) is 63.4 Å². The van der Waals surface area contributed by atoms with Crippen molar-refractivity contribution in [1.29, 1.82) is 0 Å². The van der Waals surface area contributed by atoms with Crippen molar-refractivity contribution in [2.24, 2.45) is 0 Å². The fraction of sp³-hybridized carbons (Fsp3) is 0. The Balaban J connectivity index is 2.89. The first-order valence-corrected chi connectivity index (χ1v) is 3.30. The van der Waals surface area contributed by atoms with Gasteiger partial charge in [-0.3, -0.25) is 10.1 Å². The van der Waals surface area contributed by atoms with Gasteiger partial charge in [-0.2, -0.15) is 0 Å². The third-order valence-electron chi connectivity index (χ3n) is 1.31. The number of rotatable bonds is 2. The van der Waals surface area contributed by atoms with E-state index in [2.05, 4.69) is 0 Å². The molecule has 4 nitrogen and oxygen atoms in total. The second-order valence-electron chi connectivity index (χ2n) is 2.16. The Hall–Kier alpha value is -1.84. The molecule has 0 bridgehead atoms. The molecule has 1 aromatic carbocycles. The van der Waals surface area contributed by atoms with Crippen molar-refractivity contribution in [3.05, 3.63) is 46.1 Å². The van der Waals surface area contributed by atoms with Crippen LogP contribution in [0.15, 0.2) is 30.5 Å². The molecule has 0 aliphatic heterocycles. The molecule has 0 aliphatic rings. The van der Waals surface area contributed by atoms with Gasteiger partial charge in [-0.1, -0.05) is 18.2 Å². The molecule has 0 saturated carbocycles. The van der Waals surface area contributed by atoms with Crippen LogP contribution < -0.4 is 0 Å². The normalized spacial score (nSPS) is 10.3. The smallest absolute Gasteiger partial charge is 0.235 e. The minimum atomic E-state index is -0.577. The van der Waals surface area contributed by atoms with Crippen LogP contribution in [-0.2, 0) is 0 Å². The molecule has 0 amide bonds. The lowest BCUT2D eigenvalue weighted by molar-refractivity contribution is -0.400. The predicted molar refractivity (Wildman–Crippen MR) is 44.1 cm³/mol. The third kappa shape index (κ3) is 2.09. The Kier molecular flexibility index (Phi) is 2.42. The summed E-state index contributed by atoms with van der Waals surface area (Å²) in [5.74, 6) is 0.0376. The minimum absolute atomic E-state index is 0.0376. The molecule has 0 fully saturated rings. The van der Waals surface area contributed by atoms with E-state index in [1.165, 1.54) is 12.1 Å². The molecule has 0 aromatic heterocycles. The van der Waals surface area contributed by atoms with Gasteiger partial charge in [0.25, 0.3) is 0 Å². The first-order chi connectivity index (χ1) is 5.70. The molecule has 4 heteroatoms. The van der Waals surface area contributed by atoms with E-state index in [4.69, 9.17) is 5.11 Å². The van der Waals surface area contributed by atoms with Gasteiger partial charge in [0, 0.05) is 11.6 Å². The van der Waals surface area contributed by atoms with Crippen LogP contribution in [0.3, 0.4) is 0 Å². The summed E-state index contributed by atoms with van der Waals surface area (Å²) >= 11 is 0. The van der Waals surface area contributed by atoms with E-state index in [-0.39, 0.29) is 5.75 Å². The number of aromatic hydroxyl groups is 1. The second kappa shape index (κ2) is 3.52. The van der Waals surface area contributed by atoms with E-state index in [1.807, 2.05) is 0 Å². The Bertz CT molecular complexity index is 320. The summed E-state index contributed by atoms with van der Waals surface area (Å²) in [6.45, 7) is 0. The van der Waals surface area contributed by atoms with Gasteiger partial charge in [0.1, 0.15) is 5.75 Å². The molecule has 0 unspecified atom stereocenters. The molecular weight excluding hydrogens is 158 g/mol. The van der Waals surface area contributed by atoms with Gasteiger partial charge in [0.2, 0.25) is 6.20 Å². The maximum Gasteiger partial charge on any atom is 0.235 e. The van der Waals surface area contributed by atoms with Crippen molar-refractivity contribution >= 4 is 6.08 Å². The van der Waals surface area contributed by atoms with Gasteiger partial charge in [0.15, 0.2) is 0 Å². The molecular formula is C8H7NO3. The number of hydrogen-bond donors (Lipinski definition) is 1. The van der Waals surface area contributed by atoms with Crippen molar-refractivity contribution in [1.82, 2.24) is 0 Å². The summed E-state index contributed by atoms with van der Waals surface area (Å²) in [7, 11) is 0. The van der Waals surface area contributed by atoms with Crippen LogP contribution in [0.25, 0.3) is 6.08 Å². The highest BCUT2D eigenvalue weighted by atomic mass is 16.6. The van der Waals surface area contributed by atoms with Crippen LogP contribution in [0.4, 0.5) is 0 Å². The van der Waals surface area contributed by atoms with Gasteiger partial charge in [-0.15, -0.1) is 0 Å². The quantitative estimate of drug-likeness (QED) is 0.535. The largest absolute Gasteiger partial charge is 0.507 e. The number of nitro groups is 1. The van der Waals surface area contributed by atoms with E-state index in [9.17, 15) is 10.1 Å². The van der Waals surface area contributed by atoms with Crippen molar-refractivity contribution < 1.29 is 10.0 Å². The molecule has 0 spiro atoms. The molecule has 0 aliphatic carbocycles. The van der Waals surface area contributed by atoms with E-state index < -0.39 is 4.92 Å². The summed E-state index contributed by atoms with van der Waals surface area (Å²) in [4.78, 5) is 9.34. The van der Waals surface area contributed by atoms with Gasteiger partial charge in [-0.05, 0) is 6.07 Å². The van der Waals surface area contributed by atoms with Crippen molar-refractivity contribution in [3.8, 4) is 5.75 Å². The van der Waals surface area contributed by atoms with Crippen LogP contribution in [0.5, 0.6) is 5.75 Å². The van der Waals surface area contributed by atoms with Crippen LogP contribution in [0, 0.1) is 10.1 Å². The molecule has 1 N–H and O–H groups in total. The van der Waals surface area contributed by atoms with Gasteiger partial charge < -0.3 is 5.11 Å². The summed E-state index contributed by atoms with van der Waals surface area (Å²) in [5, 5.41) is 19.1.